The number of amides is 2. The molecule has 0 aliphatic carbocycles. The van der Waals surface area contributed by atoms with Crippen molar-refractivity contribution < 1.29 is 38.1 Å². The van der Waals surface area contributed by atoms with Crippen LogP contribution in [-0.4, -0.2) is 80.6 Å². The highest BCUT2D eigenvalue weighted by Crippen LogP contribution is 2.31. The molecule has 14 heteroatoms. The first-order valence-corrected chi connectivity index (χ1v) is 13.7. The Labute approximate surface area is 252 Å². The number of rotatable bonds is 18. The van der Waals surface area contributed by atoms with Gasteiger partial charge in [0.05, 0.1) is 74.5 Å². The van der Waals surface area contributed by atoms with Crippen molar-refractivity contribution in [3.05, 3.63) is 70.2 Å². The number of benzene rings is 2. The average Bonchev–Trinajstić information content (AvgIpc) is 3.44. The fourth-order valence-corrected chi connectivity index (χ4v) is 4.04. The summed E-state index contributed by atoms with van der Waals surface area (Å²) in [5.74, 6) is -1.64. The van der Waals surface area contributed by atoms with Crippen LogP contribution in [0.5, 0.6) is 0 Å². The van der Waals surface area contributed by atoms with E-state index in [9.17, 15) is 19.5 Å². The molecule has 0 spiro atoms. The largest absolute Gasteiger partial charge is 0.478 e. The second kappa shape index (κ2) is 17.4. The molecule has 3 aromatic rings. The van der Waals surface area contributed by atoms with Gasteiger partial charge in [0.25, 0.3) is 0 Å². The minimum Gasteiger partial charge on any atom is -0.478 e. The second-order valence-corrected chi connectivity index (χ2v) is 9.63. The third-order valence-electron chi connectivity index (χ3n) is 5.74. The van der Waals surface area contributed by atoms with Crippen LogP contribution in [0.2, 0.25) is 10.0 Å². The molecule has 1 aromatic heterocycles. The van der Waals surface area contributed by atoms with E-state index in [-0.39, 0.29) is 43.3 Å². The van der Waals surface area contributed by atoms with Crippen molar-refractivity contribution in [1.29, 1.82) is 0 Å². The molecule has 1 heterocycles. The Morgan fingerprint density at radius 2 is 1.76 bits per heavy atom. The van der Waals surface area contributed by atoms with E-state index in [1.54, 1.807) is 37.4 Å². The van der Waals surface area contributed by atoms with Gasteiger partial charge in [0.15, 0.2) is 5.76 Å². The van der Waals surface area contributed by atoms with Crippen molar-refractivity contribution in [1.82, 2.24) is 15.6 Å². The molecule has 226 valence electrons. The van der Waals surface area contributed by atoms with Crippen LogP contribution >= 0.6 is 23.2 Å². The molecule has 42 heavy (non-hydrogen) atoms. The molecule has 2 aromatic carbocycles. The van der Waals surface area contributed by atoms with Gasteiger partial charge < -0.3 is 34.4 Å². The van der Waals surface area contributed by atoms with Crippen LogP contribution in [0.1, 0.15) is 22.7 Å². The van der Waals surface area contributed by atoms with E-state index in [1.807, 2.05) is 0 Å². The first-order valence-electron chi connectivity index (χ1n) is 13.0. The summed E-state index contributed by atoms with van der Waals surface area (Å²) < 4.78 is 21.4. The standard InChI is InChI=1S/C28H32Cl2N4O8/c1-39-10-11-41-13-12-40-9-8-31-25(35)15-23(27(36)34-22-5-3-2-4-19(22)28(37)38)32-17-26-33-16-24(42-26)20-14-18(29)6-7-21(20)30/h2-7,14,16,23,32H,8-13,15,17H2,1H3,(H,31,35)(H,34,36)(H,37,38). The van der Waals surface area contributed by atoms with Gasteiger partial charge in [0.2, 0.25) is 17.7 Å². The molecule has 1 atom stereocenters. The number of aromatic nitrogens is 1. The van der Waals surface area contributed by atoms with Crippen LogP contribution in [0.3, 0.4) is 0 Å². The van der Waals surface area contributed by atoms with Gasteiger partial charge in [0.1, 0.15) is 0 Å². The third kappa shape index (κ3) is 10.7. The minimum atomic E-state index is -1.20. The first kappa shape index (κ1) is 33.0. The summed E-state index contributed by atoms with van der Waals surface area (Å²) in [6.07, 6.45) is 1.22. The predicted molar refractivity (Wildman–Crippen MR) is 156 cm³/mol. The summed E-state index contributed by atoms with van der Waals surface area (Å²) in [5.41, 5.74) is 0.552. The predicted octanol–water partition coefficient (Wildman–Crippen LogP) is 3.63. The Bertz CT molecular complexity index is 1340. The number of oxazole rings is 1. The fraction of sp³-hybridized carbons (Fsp3) is 0.357. The van der Waals surface area contributed by atoms with Gasteiger partial charge in [-0.1, -0.05) is 35.3 Å². The molecular formula is C28H32Cl2N4O8. The summed E-state index contributed by atoms with van der Waals surface area (Å²) in [4.78, 5) is 41.7. The minimum absolute atomic E-state index is 0.0175. The first-order chi connectivity index (χ1) is 20.3. The van der Waals surface area contributed by atoms with Crippen LogP contribution in [0, 0.1) is 0 Å². The van der Waals surface area contributed by atoms with E-state index in [0.717, 1.165) is 0 Å². The average molecular weight is 623 g/mol. The highest BCUT2D eigenvalue weighted by Gasteiger charge is 2.24. The summed E-state index contributed by atoms with van der Waals surface area (Å²) in [6, 6.07) is 9.82. The zero-order valence-electron chi connectivity index (χ0n) is 22.9. The van der Waals surface area contributed by atoms with Crippen molar-refractivity contribution in [3.8, 4) is 11.3 Å². The molecule has 0 aliphatic heterocycles. The Kier molecular flexibility index (Phi) is 13.7. The molecule has 0 fully saturated rings. The van der Waals surface area contributed by atoms with Gasteiger partial charge >= 0.3 is 5.97 Å². The van der Waals surface area contributed by atoms with Crippen molar-refractivity contribution in [3.63, 3.8) is 0 Å². The van der Waals surface area contributed by atoms with Gasteiger partial charge in [-0.2, -0.15) is 0 Å². The highest BCUT2D eigenvalue weighted by molar-refractivity contribution is 6.35. The molecule has 3 rings (SSSR count). The van der Waals surface area contributed by atoms with Gasteiger partial charge in [-0.05, 0) is 30.3 Å². The lowest BCUT2D eigenvalue weighted by atomic mass is 10.1. The van der Waals surface area contributed by atoms with E-state index in [0.29, 0.717) is 47.8 Å². The number of carboxylic acids is 1. The van der Waals surface area contributed by atoms with Crippen LogP contribution in [-0.2, 0) is 30.3 Å². The summed E-state index contributed by atoms with van der Waals surface area (Å²) in [6.45, 7) is 2.16. The van der Waals surface area contributed by atoms with Crippen molar-refractivity contribution in [2.45, 2.75) is 19.0 Å². The van der Waals surface area contributed by atoms with Crippen molar-refractivity contribution in [2.24, 2.45) is 0 Å². The monoisotopic (exact) mass is 622 g/mol. The Morgan fingerprint density at radius 1 is 1.02 bits per heavy atom. The Hall–Kier alpha value is -3.52. The molecule has 2 amide bonds. The van der Waals surface area contributed by atoms with Gasteiger partial charge in [0, 0.05) is 24.2 Å². The number of hydrogen-bond acceptors (Lipinski definition) is 9. The molecule has 0 aliphatic rings. The van der Waals surface area contributed by atoms with Crippen LogP contribution in [0.4, 0.5) is 5.69 Å². The molecule has 12 nitrogen and oxygen atoms in total. The highest BCUT2D eigenvalue weighted by atomic mass is 35.5. The number of nitrogens with one attached hydrogen (secondary N) is 3. The van der Waals surface area contributed by atoms with E-state index in [2.05, 4.69) is 20.9 Å². The number of aromatic carboxylic acids is 1. The number of carbonyl (C=O) groups is 3. The van der Waals surface area contributed by atoms with Gasteiger partial charge in [-0.3, -0.25) is 14.9 Å². The number of halogens is 2. The van der Waals surface area contributed by atoms with E-state index in [1.165, 1.54) is 18.3 Å². The van der Waals surface area contributed by atoms with Crippen molar-refractivity contribution in [2.75, 3.05) is 52.0 Å². The molecule has 4 N–H and O–H groups in total. The second-order valence-electron chi connectivity index (χ2n) is 8.79. The van der Waals surface area contributed by atoms with Crippen LogP contribution in [0.25, 0.3) is 11.3 Å². The number of methoxy groups -OCH3 is 1. The van der Waals surface area contributed by atoms with Gasteiger partial charge in [-0.15, -0.1) is 0 Å². The maximum Gasteiger partial charge on any atom is 0.337 e. The lowest BCUT2D eigenvalue weighted by molar-refractivity contribution is -0.126. The lowest BCUT2D eigenvalue weighted by Crippen LogP contribution is -2.44. The van der Waals surface area contributed by atoms with Crippen molar-refractivity contribution >= 4 is 46.7 Å². The smallest absolute Gasteiger partial charge is 0.337 e. The number of carboxylic acid groups (broad SMARTS) is 1. The molecule has 0 saturated heterocycles. The summed E-state index contributed by atoms with van der Waals surface area (Å²) in [7, 11) is 1.59. The summed E-state index contributed by atoms with van der Waals surface area (Å²) in [5, 5.41) is 18.6. The number of carbonyl (C=O) groups excluding carboxylic acids is 2. The quantitative estimate of drug-likeness (QED) is 0.154. The number of para-hydroxylation sites is 1. The fourth-order valence-electron chi connectivity index (χ4n) is 3.65. The number of ether oxygens (including phenoxy) is 3. The maximum atomic E-state index is 13.2. The molecule has 0 bridgehead atoms. The van der Waals surface area contributed by atoms with E-state index >= 15 is 0 Å². The SMILES string of the molecule is COCCOCCOCCNC(=O)CC(NCc1ncc(-c2cc(Cl)ccc2Cl)o1)C(=O)Nc1ccccc1C(=O)O. The molecule has 1 unspecified atom stereocenters. The Morgan fingerprint density at radius 3 is 2.52 bits per heavy atom. The normalized spacial score (nSPS) is 11.7. The Balaban J connectivity index is 1.60. The number of anilines is 1. The molecule has 0 saturated carbocycles. The van der Waals surface area contributed by atoms with E-state index < -0.39 is 23.8 Å². The molecular weight excluding hydrogens is 591 g/mol. The zero-order chi connectivity index (χ0) is 30.3. The number of nitrogens with zero attached hydrogens (tertiary/aromatic N) is 1. The van der Waals surface area contributed by atoms with E-state index in [4.69, 9.17) is 41.8 Å². The number of hydrogen-bond donors (Lipinski definition) is 4. The maximum absolute atomic E-state index is 13.2. The van der Waals surface area contributed by atoms with Gasteiger partial charge in [-0.25, -0.2) is 9.78 Å². The topological polar surface area (TPSA) is 161 Å². The third-order valence-corrected chi connectivity index (χ3v) is 6.31. The van der Waals surface area contributed by atoms with Crippen LogP contribution < -0.4 is 16.0 Å². The molecule has 0 radical (unpaired) electrons. The lowest BCUT2D eigenvalue weighted by Gasteiger charge is -2.18. The van der Waals surface area contributed by atoms with Crippen LogP contribution in [0.15, 0.2) is 53.1 Å². The summed E-state index contributed by atoms with van der Waals surface area (Å²) >= 11 is 12.3. The zero-order valence-corrected chi connectivity index (χ0v) is 24.4.